The summed E-state index contributed by atoms with van der Waals surface area (Å²) < 4.78 is 0. The van der Waals surface area contributed by atoms with Gasteiger partial charge in [-0.2, -0.15) is 0 Å². The predicted molar refractivity (Wildman–Crippen MR) is 80.9 cm³/mol. The van der Waals surface area contributed by atoms with Gasteiger partial charge in [0, 0.05) is 19.1 Å². The third-order valence-electron chi connectivity index (χ3n) is 4.12. The quantitative estimate of drug-likeness (QED) is 0.851. The van der Waals surface area contributed by atoms with Crippen LogP contribution in [0.4, 0.5) is 0 Å². The van der Waals surface area contributed by atoms with Crippen molar-refractivity contribution in [2.45, 2.75) is 72.3 Å². The average molecular weight is 268 g/mol. The van der Waals surface area contributed by atoms with Crippen molar-refractivity contribution in [3.05, 3.63) is 0 Å². The third-order valence-corrected chi connectivity index (χ3v) is 4.12. The van der Waals surface area contributed by atoms with E-state index in [9.17, 15) is 4.79 Å². The lowest BCUT2D eigenvalue weighted by Gasteiger charge is -2.34. The van der Waals surface area contributed by atoms with E-state index >= 15 is 0 Å². The number of carbonyl (C=O) groups excluding carboxylic acids is 1. The van der Waals surface area contributed by atoms with Gasteiger partial charge in [-0.05, 0) is 31.1 Å². The van der Waals surface area contributed by atoms with Crippen LogP contribution in [0, 0.1) is 11.3 Å². The summed E-state index contributed by atoms with van der Waals surface area (Å²) in [6.07, 6.45) is 6.78. The van der Waals surface area contributed by atoms with Crippen LogP contribution in [-0.2, 0) is 4.79 Å². The maximum atomic E-state index is 12.8. The van der Waals surface area contributed by atoms with Crippen molar-refractivity contribution in [1.82, 2.24) is 4.90 Å². The molecule has 1 amide bonds. The van der Waals surface area contributed by atoms with Crippen LogP contribution in [0.5, 0.6) is 0 Å². The van der Waals surface area contributed by atoms with E-state index in [1.54, 1.807) is 0 Å². The number of amides is 1. The van der Waals surface area contributed by atoms with Gasteiger partial charge < -0.3 is 10.6 Å². The molecule has 0 aromatic rings. The Balaban J connectivity index is 2.75. The van der Waals surface area contributed by atoms with Crippen molar-refractivity contribution in [3.8, 4) is 0 Å². The lowest BCUT2D eigenvalue weighted by atomic mass is 9.83. The highest BCUT2D eigenvalue weighted by molar-refractivity contribution is 5.79. The predicted octanol–water partition coefficient (Wildman–Crippen LogP) is 3.18. The van der Waals surface area contributed by atoms with Gasteiger partial charge in [-0.25, -0.2) is 0 Å². The molecule has 1 heterocycles. The second kappa shape index (κ2) is 7.28. The summed E-state index contributed by atoms with van der Waals surface area (Å²) >= 11 is 0. The molecule has 3 heteroatoms. The normalized spacial score (nSPS) is 23.0. The van der Waals surface area contributed by atoms with Gasteiger partial charge >= 0.3 is 0 Å². The summed E-state index contributed by atoms with van der Waals surface area (Å²) in [7, 11) is 0. The number of nitrogens with zero attached hydrogens (tertiary/aromatic N) is 1. The molecule has 0 aromatic carbocycles. The molecular formula is C16H32N2O. The second-order valence-electron chi connectivity index (χ2n) is 7.14. The van der Waals surface area contributed by atoms with Gasteiger partial charge in [-0.15, -0.1) is 0 Å². The zero-order valence-electron chi connectivity index (χ0n) is 13.2. The van der Waals surface area contributed by atoms with Gasteiger partial charge in [-0.3, -0.25) is 4.79 Å². The molecule has 0 aromatic heterocycles. The number of carbonyl (C=O) groups is 1. The van der Waals surface area contributed by atoms with Gasteiger partial charge in [0.25, 0.3) is 0 Å². The maximum Gasteiger partial charge on any atom is 0.227 e. The molecule has 112 valence electrons. The van der Waals surface area contributed by atoms with Crippen LogP contribution in [0.3, 0.4) is 0 Å². The number of rotatable bonds is 4. The van der Waals surface area contributed by atoms with Crippen LogP contribution in [0.2, 0.25) is 0 Å². The molecule has 2 unspecified atom stereocenters. The fourth-order valence-corrected chi connectivity index (χ4v) is 3.14. The van der Waals surface area contributed by atoms with Crippen molar-refractivity contribution in [3.63, 3.8) is 0 Å². The Morgan fingerprint density at radius 1 is 1.32 bits per heavy atom. The van der Waals surface area contributed by atoms with Crippen molar-refractivity contribution < 1.29 is 4.79 Å². The molecule has 0 spiro atoms. The van der Waals surface area contributed by atoms with Crippen LogP contribution in [0.25, 0.3) is 0 Å². The molecule has 2 atom stereocenters. The molecule has 1 saturated heterocycles. The minimum Gasteiger partial charge on any atom is -0.339 e. The summed E-state index contributed by atoms with van der Waals surface area (Å²) in [5.41, 5.74) is 6.03. The SMILES string of the molecule is CCC1CCCCCN1C(=O)C(CN)CC(C)(C)C. The van der Waals surface area contributed by atoms with E-state index in [0.717, 1.165) is 32.2 Å². The zero-order chi connectivity index (χ0) is 14.5. The second-order valence-corrected chi connectivity index (χ2v) is 7.14. The Morgan fingerprint density at radius 3 is 2.53 bits per heavy atom. The van der Waals surface area contributed by atoms with Gasteiger partial charge in [0.05, 0.1) is 5.92 Å². The van der Waals surface area contributed by atoms with Crippen LogP contribution in [-0.4, -0.2) is 29.9 Å². The molecule has 0 aliphatic carbocycles. The van der Waals surface area contributed by atoms with Crippen molar-refractivity contribution >= 4 is 5.91 Å². The molecule has 1 fully saturated rings. The average Bonchev–Trinajstić information content (AvgIpc) is 2.58. The Labute approximate surface area is 118 Å². The van der Waals surface area contributed by atoms with E-state index in [2.05, 4.69) is 32.6 Å². The van der Waals surface area contributed by atoms with Crippen molar-refractivity contribution in [2.24, 2.45) is 17.1 Å². The smallest absolute Gasteiger partial charge is 0.227 e. The third kappa shape index (κ3) is 5.13. The summed E-state index contributed by atoms with van der Waals surface area (Å²) in [5.74, 6) is 0.290. The van der Waals surface area contributed by atoms with Crippen molar-refractivity contribution in [2.75, 3.05) is 13.1 Å². The van der Waals surface area contributed by atoms with E-state index < -0.39 is 0 Å². The fraction of sp³-hybridized carbons (Fsp3) is 0.938. The molecule has 3 nitrogen and oxygen atoms in total. The van der Waals surface area contributed by atoms with E-state index in [4.69, 9.17) is 5.73 Å². The largest absolute Gasteiger partial charge is 0.339 e. The standard InChI is InChI=1S/C16H32N2O/c1-5-14-9-7-6-8-10-18(14)15(19)13(12-17)11-16(2,3)4/h13-14H,5-12,17H2,1-4H3. The highest BCUT2D eigenvalue weighted by Gasteiger charge is 2.31. The number of nitrogens with two attached hydrogens (primary N) is 1. The molecule has 0 bridgehead atoms. The summed E-state index contributed by atoms with van der Waals surface area (Å²) in [6.45, 7) is 10.1. The van der Waals surface area contributed by atoms with Gasteiger partial charge in [0.2, 0.25) is 5.91 Å². The van der Waals surface area contributed by atoms with Gasteiger partial charge in [-0.1, -0.05) is 40.5 Å². The maximum absolute atomic E-state index is 12.8. The molecule has 0 saturated carbocycles. The highest BCUT2D eigenvalue weighted by atomic mass is 16.2. The van der Waals surface area contributed by atoms with Crippen LogP contribution >= 0.6 is 0 Å². The molecular weight excluding hydrogens is 236 g/mol. The van der Waals surface area contributed by atoms with E-state index in [1.807, 2.05) is 0 Å². The Bertz CT molecular complexity index is 283. The first kappa shape index (κ1) is 16.5. The first-order valence-electron chi connectivity index (χ1n) is 7.89. The molecule has 19 heavy (non-hydrogen) atoms. The zero-order valence-corrected chi connectivity index (χ0v) is 13.2. The lowest BCUT2D eigenvalue weighted by Crippen LogP contribution is -2.45. The molecule has 1 aliphatic heterocycles. The minimum atomic E-state index is -0.00727. The summed E-state index contributed by atoms with van der Waals surface area (Å²) in [5, 5.41) is 0. The lowest BCUT2D eigenvalue weighted by molar-refractivity contribution is -0.138. The van der Waals surface area contributed by atoms with Crippen molar-refractivity contribution in [1.29, 1.82) is 0 Å². The number of likely N-dealkylation sites (tertiary alicyclic amines) is 1. The molecule has 0 radical (unpaired) electrons. The first-order chi connectivity index (χ1) is 8.89. The van der Waals surface area contributed by atoms with E-state index in [1.165, 1.54) is 12.8 Å². The molecule has 1 aliphatic rings. The van der Waals surface area contributed by atoms with Gasteiger partial charge in [0.1, 0.15) is 0 Å². The first-order valence-corrected chi connectivity index (χ1v) is 7.89. The topological polar surface area (TPSA) is 46.3 Å². The Morgan fingerprint density at radius 2 is 2.00 bits per heavy atom. The number of hydrogen-bond donors (Lipinski definition) is 1. The summed E-state index contributed by atoms with van der Waals surface area (Å²) in [6, 6.07) is 0.434. The summed E-state index contributed by atoms with van der Waals surface area (Å²) in [4.78, 5) is 14.9. The Hall–Kier alpha value is -0.570. The molecule has 1 rings (SSSR count). The highest BCUT2D eigenvalue weighted by Crippen LogP contribution is 2.27. The minimum absolute atomic E-state index is 0.00727. The fourth-order valence-electron chi connectivity index (χ4n) is 3.14. The van der Waals surface area contributed by atoms with Crippen LogP contribution < -0.4 is 5.73 Å². The Kier molecular flexibility index (Phi) is 6.31. The molecule has 2 N–H and O–H groups in total. The number of hydrogen-bond acceptors (Lipinski definition) is 2. The van der Waals surface area contributed by atoms with E-state index in [-0.39, 0.29) is 11.3 Å². The van der Waals surface area contributed by atoms with Gasteiger partial charge in [0.15, 0.2) is 0 Å². The van der Waals surface area contributed by atoms with E-state index in [0.29, 0.717) is 18.5 Å². The van der Waals surface area contributed by atoms with Crippen LogP contribution in [0.1, 0.15) is 66.2 Å². The van der Waals surface area contributed by atoms with Crippen LogP contribution in [0.15, 0.2) is 0 Å². The monoisotopic (exact) mass is 268 g/mol.